The van der Waals surface area contributed by atoms with Gasteiger partial charge in [0.25, 0.3) is 0 Å². The van der Waals surface area contributed by atoms with Crippen LogP contribution in [0.25, 0.3) is 0 Å². The molecule has 1 atom stereocenters. The lowest BCUT2D eigenvalue weighted by molar-refractivity contribution is 0.398. The van der Waals surface area contributed by atoms with Crippen LogP contribution in [0.1, 0.15) is 38.7 Å². The largest absolute Gasteiger partial charge is 0.496 e. The lowest BCUT2D eigenvalue weighted by Crippen LogP contribution is -2.04. The van der Waals surface area contributed by atoms with E-state index in [2.05, 4.69) is 26.0 Å². The molecule has 0 aliphatic carbocycles. The van der Waals surface area contributed by atoms with Gasteiger partial charge in [0.2, 0.25) is 0 Å². The van der Waals surface area contributed by atoms with E-state index in [1.54, 1.807) is 7.11 Å². The van der Waals surface area contributed by atoms with Crippen LogP contribution in [0.5, 0.6) is 5.75 Å². The molecule has 1 nitrogen and oxygen atoms in total. The second-order valence-electron chi connectivity index (χ2n) is 4.08. The number of hydrogen-bond acceptors (Lipinski definition) is 1. The summed E-state index contributed by atoms with van der Waals surface area (Å²) in [4.78, 5) is 0. The highest BCUT2D eigenvalue weighted by molar-refractivity contribution is 5.33. The Balaban J connectivity index is 2.69. The van der Waals surface area contributed by atoms with Crippen LogP contribution in [-0.4, -0.2) is 7.11 Å². The molecule has 1 rings (SSSR count). The predicted octanol–water partition coefficient (Wildman–Crippen LogP) is 4.06. The first kappa shape index (κ1) is 12.1. The Labute approximate surface area is 93.5 Å². The van der Waals surface area contributed by atoms with Gasteiger partial charge in [-0.3, -0.25) is 0 Å². The van der Waals surface area contributed by atoms with Crippen LogP contribution in [0, 0.1) is 5.92 Å². The van der Waals surface area contributed by atoms with Gasteiger partial charge in [-0.15, -0.1) is 0 Å². The van der Waals surface area contributed by atoms with E-state index < -0.39 is 0 Å². The number of rotatable bonds is 6. The van der Waals surface area contributed by atoms with Gasteiger partial charge in [0.15, 0.2) is 0 Å². The molecule has 0 bridgehead atoms. The lowest BCUT2D eigenvalue weighted by atomic mass is 9.92. The Hall–Kier alpha value is -0.980. The molecule has 0 aliphatic rings. The average Bonchev–Trinajstić information content (AvgIpc) is 2.29. The Morgan fingerprint density at radius 2 is 1.93 bits per heavy atom. The third kappa shape index (κ3) is 3.58. The summed E-state index contributed by atoms with van der Waals surface area (Å²) in [6.45, 7) is 4.53. The zero-order chi connectivity index (χ0) is 11.1. The smallest absolute Gasteiger partial charge is 0.122 e. The van der Waals surface area contributed by atoms with Crippen molar-refractivity contribution in [1.82, 2.24) is 0 Å². The maximum atomic E-state index is 5.37. The molecule has 0 N–H and O–H groups in total. The highest BCUT2D eigenvalue weighted by atomic mass is 16.5. The van der Waals surface area contributed by atoms with E-state index in [-0.39, 0.29) is 0 Å². The van der Waals surface area contributed by atoms with Crippen LogP contribution in [0.4, 0.5) is 0 Å². The SMILES string of the molecule is CCCC(CC)Cc1ccccc1OC. The maximum Gasteiger partial charge on any atom is 0.122 e. The number of benzene rings is 1. The summed E-state index contributed by atoms with van der Waals surface area (Å²) in [5.41, 5.74) is 1.35. The van der Waals surface area contributed by atoms with Gasteiger partial charge in [-0.05, 0) is 24.0 Å². The molecule has 1 unspecified atom stereocenters. The molecule has 0 aliphatic heterocycles. The zero-order valence-electron chi connectivity index (χ0n) is 10.1. The molecule has 0 radical (unpaired) electrons. The third-order valence-corrected chi connectivity index (χ3v) is 2.98. The fourth-order valence-electron chi connectivity index (χ4n) is 2.04. The van der Waals surface area contributed by atoms with Crippen molar-refractivity contribution in [2.75, 3.05) is 7.11 Å². The minimum Gasteiger partial charge on any atom is -0.496 e. The van der Waals surface area contributed by atoms with Crippen molar-refractivity contribution in [3.05, 3.63) is 29.8 Å². The lowest BCUT2D eigenvalue weighted by Gasteiger charge is -2.15. The van der Waals surface area contributed by atoms with Crippen LogP contribution in [-0.2, 0) is 6.42 Å². The molecule has 0 saturated heterocycles. The average molecular weight is 206 g/mol. The Morgan fingerprint density at radius 1 is 1.20 bits per heavy atom. The molecule has 0 saturated carbocycles. The number of methoxy groups -OCH3 is 1. The van der Waals surface area contributed by atoms with E-state index >= 15 is 0 Å². The summed E-state index contributed by atoms with van der Waals surface area (Å²) in [5, 5.41) is 0. The minimum atomic E-state index is 0.797. The Bertz CT molecular complexity index is 280. The van der Waals surface area contributed by atoms with Gasteiger partial charge in [-0.2, -0.15) is 0 Å². The summed E-state index contributed by atoms with van der Waals surface area (Å²) in [6, 6.07) is 8.35. The number of para-hydroxylation sites is 1. The summed E-state index contributed by atoms with van der Waals surface area (Å²) < 4.78 is 5.37. The van der Waals surface area contributed by atoms with E-state index in [1.807, 2.05) is 12.1 Å². The monoisotopic (exact) mass is 206 g/mol. The van der Waals surface area contributed by atoms with Gasteiger partial charge in [-0.25, -0.2) is 0 Å². The number of hydrogen-bond donors (Lipinski definition) is 0. The molecule has 84 valence electrons. The summed E-state index contributed by atoms with van der Waals surface area (Å²) >= 11 is 0. The van der Waals surface area contributed by atoms with Crippen molar-refractivity contribution in [3.8, 4) is 5.75 Å². The molecule has 0 aromatic heterocycles. The summed E-state index contributed by atoms with van der Waals surface area (Å²) in [7, 11) is 1.75. The van der Waals surface area contributed by atoms with Crippen molar-refractivity contribution in [2.24, 2.45) is 5.92 Å². The molecular formula is C14H22O. The zero-order valence-corrected chi connectivity index (χ0v) is 10.1. The predicted molar refractivity (Wildman–Crippen MR) is 65.4 cm³/mol. The summed E-state index contributed by atoms with van der Waals surface area (Å²) in [5.74, 6) is 1.83. The molecule has 15 heavy (non-hydrogen) atoms. The first-order valence-corrected chi connectivity index (χ1v) is 5.93. The van der Waals surface area contributed by atoms with E-state index in [4.69, 9.17) is 4.74 Å². The normalized spacial score (nSPS) is 12.5. The van der Waals surface area contributed by atoms with Crippen LogP contribution in [0.2, 0.25) is 0 Å². The molecule has 0 fully saturated rings. The van der Waals surface area contributed by atoms with Gasteiger partial charge >= 0.3 is 0 Å². The molecule has 0 heterocycles. The molecule has 0 amide bonds. The third-order valence-electron chi connectivity index (χ3n) is 2.98. The van der Waals surface area contributed by atoms with Crippen molar-refractivity contribution < 1.29 is 4.74 Å². The maximum absolute atomic E-state index is 5.37. The van der Waals surface area contributed by atoms with Gasteiger partial charge in [-0.1, -0.05) is 51.3 Å². The Kier molecular flexibility index (Phi) is 5.23. The van der Waals surface area contributed by atoms with Crippen LogP contribution in [0.3, 0.4) is 0 Å². The second kappa shape index (κ2) is 6.49. The van der Waals surface area contributed by atoms with Gasteiger partial charge in [0, 0.05) is 0 Å². The highest BCUT2D eigenvalue weighted by Crippen LogP contribution is 2.24. The fourth-order valence-corrected chi connectivity index (χ4v) is 2.04. The van der Waals surface area contributed by atoms with E-state index in [9.17, 15) is 0 Å². The highest BCUT2D eigenvalue weighted by Gasteiger charge is 2.09. The molecule has 1 heteroatoms. The van der Waals surface area contributed by atoms with Crippen LogP contribution < -0.4 is 4.74 Å². The summed E-state index contributed by atoms with van der Waals surface area (Å²) in [6.07, 6.45) is 4.99. The first-order chi connectivity index (χ1) is 7.31. The standard InChI is InChI=1S/C14H22O/c1-4-8-12(5-2)11-13-9-6-7-10-14(13)15-3/h6-7,9-10,12H,4-5,8,11H2,1-3H3. The van der Waals surface area contributed by atoms with Gasteiger partial charge in [0.1, 0.15) is 5.75 Å². The topological polar surface area (TPSA) is 9.23 Å². The van der Waals surface area contributed by atoms with Gasteiger partial charge < -0.3 is 4.74 Å². The van der Waals surface area contributed by atoms with E-state index in [0.717, 1.165) is 18.1 Å². The van der Waals surface area contributed by atoms with Crippen molar-refractivity contribution >= 4 is 0 Å². The fraction of sp³-hybridized carbons (Fsp3) is 0.571. The van der Waals surface area contributed by atoms with Crippen LogP contribution in [0.15, 0.2) is 24.3 Å². The molecule has 1 aromatic rings. The first-order valence-electron chi connectivity index (χ1n) is 5.93. The minimum absolute atomic E-state index is 0.797. The molecular weight excluding hydrogens is 184 g/mol. The quantitative estimate of drug-likeness (QED) is 0.682. The van der Waals surface area contributed by atoms with Crippen LogP contribution >= 0.6 is 0 Å². The van der Waals surface area contributed by atoms with Crippen molar-refractivity contribution in [2.45, 2.75) is 39.5 Å². The van der Waals surface area contributed by atoms with E-state index in [0.29, 0.717) is 0 Å². The second-order valence-corrected chi connectivity index (χ2v) is 4.08. The van der Waals surface area contributed by atoms with Crippen molar-refractivity contribution in [1.29, 1.82) is 0 Å². The van der Waals surface area contributed by atoms with Gasteiger partial charge in [0.05, 0.1) is 7.11 Å². The Morgan fingerprint density at radius 3 is 2.53 bits per heavy atom. The van der Waals surface area contributed by atoms with E-state index in [1.165, 1.54) is 24.8 Å². The molecule has 1 aromatic carbocycles. The molecule has 0 spiro atoms. The number of ether oxygens (including phenoxy) is 1. The van der Waals surface area contributed by atoms with Crippen molar-refractivity contribution in [3.63, 3.8) is 0 Å².